The zero-order chi connectivity index (χ0) is 20.1. The Labute approximate surface area is 165 Å². The summed E-state index contributed by atoms with van der Waals surface area (Å²) in [5, 5.41) is 1.24. The van der Waals surface area contributed by atoms with Gasteiger partial charge >= 0.3 is 5.97 Å². The Morgan fingerprint density at radius 1 is 1.04 bits per heavy atom. The maximum Gasteiger partial charge on any atom is 0.310 e. The lowest BCUT2D eigenvalue weighted by molar-refractivity contribution is -0.142. The number of aryl methyl sites for hydroxylation is 2. The first kappa shape index (κ1) is 20.1. The highest BCUT2D eigenvalue weighted by molar-refractivity contribution is 5.96. The van der Waals surface area contributed by atoms with E-state index < -0.39 is 0 Å². The number of carbonyl (C=O) groups is 1. The van der Waals surface area contributed by atoms with Crippen molar-refractivity contribution in [3.63, 3.8) is 0 Å². The summed E-state index contributed by atoms with van der Waals surface area (Å²) >= 11 is 0. The van der Waals surface area contributed by atoms with Crippen LogP contribution in [-0.4, -0.2) is 17.6 Å². The molecule has 3 aromatic rings. The summed E-state index contributed by atoms with van der Waals surface area (Å²) in [5.74, 6) is -0.275. The quantitative estimate of drug-likeness (QED) is 0.326. The number of rotatable bonds is 8. The van der Waals surface area contributed by atoms with Crippen molar-refractivity contribution >= 4 is 27.8 Å². The van der Waals surface area contributed by atoms with Gasteiger partial charge in [-0.15, -0.1) is 0 Å². The Bertz CT molecular complexity index is 1050. The summed E-state index contributed by atoms with van der Waals surface area (Å²) in [6.07, 6.45) is 5.69. The third-order valence-corrected chi connectivity index (χ3v) is 5.46. The SMILES string of the molecule is CCCCCCCOC(=O)Cc1cccc2[nH]c3c(C)c(C)ccc3c(=O)c12. The van der Waals surface area contributed by atoms with Crippen molar-refractivity contribution in [1.82, 2.24) is 4.98 Å². The largest absolute Gasteiger partial charge is 0.465 e. The molecular weight excluding hydrogens is 350 g/mol. The Morgan fingerprint density at radius 3 is 2.61 bits per heavy atom. The van der Waals surface area contributed by atoms with Crippen molar-refractivity contribution in [2.45, 2.75) is 59.3 Å². The number of hydrogen-bond donors (Lipinski definition) is 1. The fourth-order valence-corrected chi connectivity index (χ4v) is 3.65. The second kappa shape index (κ2) is 9.05. The van der Waals surface area contributed by atoms with Gasteiger partial charge in [0, 0.05) is 10.8 Å². The van der Waals surface area contributed by atoms with Gasteiger partial charge < -0.3 is 9.72 Å². The Morgan fingerprint density at radius 2 is 1.82 bits per heavy atom. The summed E-state index contributed by atoms with van der Waals surface area (Å²) in [7, 11) is 0. The van der Waals surface area contributed by atoms with Gasteiger partial charge in [0.15, 0.2) is 5.43 Å². The number of H-pyrrole nitrogens is 1. The predicted octanol–water partition coefficient (Wildman–Crippen LogP) is 5.35. The molecule has 28 heavy (non-hydrogen) atoms. The molecule has 0 radical (unpaired) electrons. The number of nitrogens with one attached hydrogen (secondary N) is 1. The summed E-state index contributed by atoms with van der Waals surface area (Å²) < 4.78 is 5.39. The van der Waals surface area contributed by atoms with Gasteiger partial charge in [0.25, 0.3) is 0 Å². The van der Waals surface area contributed by atoms with Crippen LogP contribution in [0.4, 0.5) is 0 Å². The van der Waals surface area contributed by atoms with Crippen molar-refractivity contribution in [3.05, 3.63) is 57.2 Å². The molecule has 148 valence electrons. The molecule has 0 atom stereocenters. The maximum atomic E-state index is 13.1. The molecule has 0 amide bonds. The third-order valence-electron chi connectivity index (χ3n) is 5.46. The zero-order valence-electron chi connectivity index (χ0n) is 17.1. The monoisotopic (exact) mass is 379 g/mol. The van der Waals surface area contributed by atoms with Crippen LogP contribution in [0, 0.1) is 13.8 Å². The van der Waals surface area contributed by atoms with Crippen molar-refractivity contribution in [3.8, 4) is 0 Å². The Hall–Kier alpha value is -2.62. The average molecular weight is 380 g/mol. The number of ether oxygens (including phenoxy) is 1. The maximum absolute atomic E-state index is 13.1. The van der Waals surface area contributed by atoms with Crippen LogP contribution in [0.5, 0.6) is 0 Å². The minimum atomic E-state index is -0.275. The highest BCUT2D eigenvalue weighted by Gasteiger charge is 2.14. The molecule has 4 heteroatoms. The van der Waals surface area contributed by atoms with E-state index in [9.17, 15) is 9.59 Å². The Kier molecular flexibility index (Phi) is 6.50. The summed E-state index contributed by atoms with van der Waals surface area (Å²) in [6.45, 7) is 6.68. The lowest BCUT2D eigenvalue weighted by Crippen LogP contribution is -2.13. The average Bonchev–Trinajstić information content (AvgIpc) is 2.68. The number of pyridine rings is 1. The number of aromatic nitrogens is 1. The number of fused-ring (bicyclic) bond motifs is 2. The molecule has 0 aliphatic carbocycles. The summed E-state index contributed by atoms with van der Waals surface area (Å²) in [5.41, 5.74) is 4.52. The minimum Gasteiger partial charge on any atom is -0.465 e. The molecule has 0 spiro atoms. The molecule has 0 saturated carbocycles. The van der Waals surface area contributed by atoms with E-state index in [0.717, 1.165) is 40.6 Å². The van der Waals surface area contributed by atoms with Crippen LogP contribution >= 0.6 is 0 Å². The van der Waals surface area contributed by atoms with Crippen molar-refractivity contribution in [1.29, 1.82) is 0 Å². The molecule has 0 fully saturated rings. The lowest BCUT2D eigenvalue weighted by Gasteiger charge is -2.11. The van der Waals surface area contributed by atoms with E-state index in [1.54, 1.807) is 0 Å². The van der Waals surface area contributed by atoms with E-state index in [2.05, 4.69) is 11.9 Å². The van der Waals surface area contributed by atoms with E-state index in [1.165, 1.54) is 19.3 Å². The van der Waals surface area contributed by atoms with Crippen LogP contribution in [0.15, 0.2) is 35.1 Å². The van der Waals surface area contributed by atoms with Gasteiger partial charge in [-0.2, -0.15) is 0 Å². The standard InChI is InChI=1S/C24H29NO3/c1-4-5-6-7-8-14-28-21(26)15-18-10-9-11-20-22(18)24(27)19-13-12-16(2)17(3)23(19)25-20/h9-13H,4-8,14-15H2,1-3H3,(H,25,27). The third kappa shape index (κ3) is 4.27. The van der Waals surface area contributed by atoms with Gasteiger partial charge in [0.1, 0.15) is 0 Å². The van der Waals surface area contributed by atoms with Crippen molar-refractivity contribution < 1.29 is 9.53 Å². The van der Waals surface area contributed by atoms with Crippen LogP contribution in [0.25, 0.3) is 21.8 Å². The molecule has 0 aliphatic rings. The normalized spacial score (nSPS) is 11.2. The highest BCUT2D eigenvalue weighted by atomic mass is 16.5. The van der Waals surface area contributed by atoms with E-state index in [1.807, 2.05) is 44.2 Å². The number of unbranched alkanes of at least 4 members (excludes halogenated alkanes) is 4. The van der Waals surface area contributed by atoms with Crippen LogP contribution < -0.4 is 5.43 Å². The molecule has 4 nitrogen and oxygen atoms in total. The van der Waals surface area contributed by atoms with Crippen LogP contribution in [0.1, 0.15) is 55.7 Å². The predicted molar refractivity (Wildman–Crippen MR) is 115 cm³/mol. The number of esters is 1. The fraction of sp³-hybridized carbons (Fsp3) is 0.417. The number of carbonyl (C=O) groups excluding carboxylic acids is 1. The number of benzene rings is 2. The van der Waals surface area contributed by atoms with E-state index in [4.69, 9.17) is 4.74 Å². The van der Waals surface area contributed by atoms with Gasteiger partial charge in [0.2, 0.25) is 0 Å². The van der Waals surface area contributed by atoms with Gasteiger partial charge in [-0.1, -0.05) is 50.8 Å². The van der Waals surface area contributed by atoms with E-state index >= 15 is 0 Å². The molecule has 0 saturated heterocycles. The van der Waals surface area contributed by atoms with Crippen LogP contribution in [-0.2, 0) is 16.0 Å². The van der Waals surface area contributed by atoms with Gasteiger partial charge in [-0.3, -0.25) is 9.59 Å². The summed E-state index contributed by atoms with van der Waals surface area (Å²) in [6, 6.07) is 9.44. The smallest absolute Gasteiger partial charge is 0.310 e. The number of aromatic amines is 1. The van der Waals surface area contributed by atoms with E-state index in [-0.39, 0.29) is 17.8 Å². The fourth-order valence-electron chi connectivity index (χ4n) is 3.65. The second-order valence-electron chi connectivity index (χ2n) is 7.54. The van der Waals surface area contributed by atoms with Crippen molar-refractivity contribution in [2.75, 3.05) is 6.61 Å². The first-order valence-corrected chi connectivity index (χ1v) is 10.2. The molecule has 2 aromatic carbocycles. The molecule has 3 rings (SSSR count). The van der Waals surface area contributed by atoms with Gasteiger partial charge in [-0.25, -0.2) is 0 Å². The topological polar surface area (TPSA) is 59.2 Å². The lowest BCUT2D eigenvalue weighted by atomic mass is 10.00. The first-order valence-electron chi connectivity index (χ1n) is 10.2. The van der Waals surface area contributed by atoms with Gasteiger partial charge in [0.05, 0.1) is 24.1 Å². The molecular formula is C24H29NO3. The zero-order valence-corrected chi connectivity index (χ0v) is 17.1. The highest BCUT2D eigenvalue weighted by Crippen LogP contribution is 2.22. The number of hydrogen-bond acceptors (Lipinski definition) is 3. The molecule has 0 bridgehead atoms. The molecule has 1 N–H and O–H groups in total. The van der Waals surface area contributed by atoms with E-state index in [0.29, 0.717) is 17.4 Å². The molecule has 0 aliphatic heterocycles. The Balaban J connectivity index is 1.82. The second-order valence-corrected chi connectivity index (χ2v) is 7.54. The van der Waals surface area contributed by atoms with Crippen LogP contribution in [0.3, 0.4) is 0 Å². The van der Waals surface area contributed by atoms with Crippen molar-refractivity contribution in [2.24, 2.45) is 0 Å². The first-order chi connectivity index (χ1) is 13.5. The summed E-state index contributed by atoms with van der Waals surface area (Å²) in [4.78, 5) is 28.8. The van der Waals surface area contributed by atoms with Crippen LogP contribution in [0.2, 0.25) is 0 Å². The molecule has 1 aromatic heterocycles. The molecule has 1 heterocycles. The minimum absolute atomic E-state index is 0.0326. The van der Waals surface area contributed by atoms with Gasteiger partial charge in [-0.05, 0) is 49.1 Å². The molecule has 0 unspecified atom stereocenters.